The minimum atomic E-state index is -0.179. The fourth-order valence-corrected chi connectivity index (χ4v) is 7.61. The van der Waals surface area contributed by atoms with Gasteiger partial charge in [0.05, 0.1) is 34.3 Å². The van der Waals surface area contributed by atoms with E-state index in [1.807, 2.05) is 84.9 Å². The van der Waals surface area contributed by atoms with Crippen LogP contribution in [0.5, 0.6) is 0 Å². The standard InChI is InChI=1S/C40H22N4O/c41-21-26-16-17-30-36-29(19-18-28(32(26)36)23-10-4-1-5-11-23)39-43-31-20-27(22-42)35-33(24-12-6-2-7-13-24)34(25-14-8-3-9-15-25)37(35)38(31)44(39)40(30)45/h1-20,33-34H. The number of nitriles is 2. The smallest absolute Gasteiger partial charge is 0.264 e. The van der Waals surface area contributed by atoms with E-state index in [9.17, 15) is 15.3 Å². The minimum Gasteiger partial charge on any atom is -0.268 e. The van der Waals surface area contributed by atoms with Crippen LogP contribution in [-0.2, 0) is 0 Å². The van der Waals surface area contributed by atoms with E-state index in [1.54, 1.807) is 16.5 Å². The molecule has 2 atom stereocenters. The van der Waals surface area contributed by atoms with Gasteiger partial charge in [-0.2, -0.15) is 10.5 Å². The highest BCUT2D eigenvalue weighted by atomic mass is 16.1. The Morgan fingerprint density at radius 2 is 1.22 bits per heavy atom. The summed E-state index contributed by atoms with van der Waals surface area (Å²) in [4.78, 5) is 19.7. The molecular weight excluding hydrogens is 552 g/mol. The Morgan fingerprint density at radius 3 is 1.87 bits per heavy atom. The molecule has 8 aromatic rings. The van der Waals surface area contributed by atoms with Crippen LogP contribution in [0.15, 0.2) is 126 Å². The highest BCUT2D eigenvalue weighted by Gasteiger charge is 2.44. The summed E-state index contributed by atoms with van der Waals surface area (Å²) >= 11 is 0. The largest absolute Gasteiger partial charge is 0.268 e. The number of aromatic nitrogens is 2. The molecule has 9 rings (SSSR count). The zero-order valence-electron chi connectivity index (χ0n) is 23.9. The molecule has 2 heterocycles. The molecule has 208 valence electrons. The van der Waals surface area contributed by atoms with Crippen molar-refractivity contribution < 1.29 is 0 Å². The second kappa shape index (κ2) is 9.35. The number of nitrogens with zero attached hydrogens (tertiary/aromatic N) is 4. The van der Waals surface area contributed by atoms with Crippen molar-refractivity contribution in [2.45, 2.75) is 11.8 Å². The van der Waals surface area contributed by atoms with Crippen LogP contribution < -0.4 is 5.56 Å². The van der Waals surface area contributed by atoms with E-state index in [-0.39, 0.29) is 17.4 Å². The number of benzene rings is 6. The van der Waals surface area contributed by atoms with Crippen molar-refractivity contribution >= 4 is 38.2 Å². The fraction of sp³-hybridized carbons (Fsp3) is 0.0500. The normalized spacial score (nSPS) is 15.6. The summed E-state index contributed by atoms with van der Waals surface area (Å²) in [7, 11) is 0. The summed E-state index contributed by atoms with van der Waals surface area (Å²) in [5, 5.41) is 23.4. The van der Waals surface area contributed by atoms with Gasteiger partial charge in [-0.3, -0.25) is 9.20 Å². The summed E-state index contributed by atoms with van der Waals surface area (Å²) in [6, 6.07) is 44.7. The Hall–Kier alpha value is -6.30. The molecular formula is C40H22N4O. The molecule has 0 N–H and O–H groups in total. The lowest BCUT2D eigenvalue weighted by Gasteiger charge is -2.41. The van der Waals surface area contributed by atoms with Crippen LogP contribution in [0.4, 0.5) is 0 Å². The van der Waals surface area contributed by atoms with Crippen molar-refractivity contribution in [3.05, 3.63) is 165 Å². The molecule has 0 amide bonds. The van der Waals surface area contributed by atoms with Gasteiger partial charge in [0.1, 0.15) is 5.65 Å². The van der Waals surface area contributed by atoms with Crippen LogP contribution in [-0.4, -0.2) is 9.38 Å². The molecule has 2 unspecified atom stereocenters. The average molecular weight is 575 g/mol. The van der Waals surface area contributed by atoms with Crippen molar-refractivity contribution in [3.63, 3.8) is 0 Å². The molecule has 0 aliphatic heterocycles. The lowest BCUT2D eigenvalue weighted by Crippen LogP contribution is -2.29. The van der Waals surface area contributed by atoms with Crippen molar-refractivity contribution in [1.82, 2.24) is 9.38 Å². The zero-order valence-corrected chi connectivity index (χ0v) is 23.9. The van der Waals surface area contributed by atoms with Crippen LogP contribution in [0.25, 0.3) is 49.4 Å². The van der Waals surface area contributed by atoms with E-state index in [1.165, 1.54) is 0 Å². The molecule has 1 aliphatic rings. The van der Waals surface area contributed by atoms with E-state index in [4.69, 9.17) is 4.98 Å². The first-order chi connectivity index (χ1) is 22.2. The number of pyridine rings is 1. The fourth-order valence-electron chi connectivity index (χ4n) is 7.61. The molecule has 0 saturated carbocycles. The maximum Gasteiger partial charge on any atom is 0.264 e. The molecule has 1 aliphatic carbocycles. The molecule has 0 bridgehead atoms. The van der Waals surface area contributed by atoms with E-state index in [0.29, 0.717) is 27.7 Å². The molecule has 0 radical (unpaired) electrons. The number of imidazole rings is 1. The zero-order chi connectivity index (χ0) is 30.2. The number of fused-ring (bicyclic) bond motifs is 6. The Balaban J connectivity index is 1.44. The van der Waals surface area contributed by atoms with Gasteiger partial charge in [-0.25, -0.2) is 4.98 Å². The lowest BCUT2D eigenvalue weighted by molar-refractivity contribution is 0.609. The lowest BCUT2D eigenvalue weighted by atomic mass is 9.60. The maximum atomic E-state index is 14.6. The Morgan fingerprint density at radius 1 is 0.622 bits per heavy atom. The van der Waals surface area contributed by atoms with Gasteiger partial charge in [0.25, 0.3) is 5.56 Å². The van der Waals surface area contributed by atoms with E-state index in [0.717, 1.165) is 55.1 Å². The van der Waals surface area contributed by atoms with Gasteiger partial charge >= 0.3 is 0 Å². The van der Waals surface area contributed by atoms with Gasteiger partial charge in [0.15, 0.2) is 0 Å². The second-order valence-electron chi connectivity index (χ2n) is 11.6. The first-order valence-corrected chi connectivity index (χ1v) is 14.9. The number of hydrogen-bond donors (Lipinski definition) is 0. The first-order valence-electron chi connectivity index (χ1n) is 14.9. The number of hydrogen-bond acceptors (Lipinski definition) is 4. The third-order valence-corrected chi connectivity index (χ3v) is 9.45. The highest BCUT2D eigenvalue weighted by Crippen LogP contribution is 2.57. The van der Waals surface area contributed by atoms with E-state index >= 15 is 0 Å². The average Bonchev–Trinajstić information content (AvgIpc) is 3.46. The maximum absolute atomic E-state index is 14.6. The van der Waals surface area contributed by atoms with Gasteiger partial charge in [-0.1, -0.05) is 97.1 Å². The van der Waals surface area contributed by atoms with Crippen LogP contribution >= 0.6 is 0 Å². The third kappa shape index (κ3) is 3.35. The first kappa shape index (κ1) is 25.2. The summed E-state index contributed by atoms with van der Waals surface area (Å²) in [5.41, 5.74) is 8.88. The van der Waals surface area contributed by atoms with Crippen molar-refractivity contribution in [2.75, 3.05) is 0 Å². The summed E-state index contributed by atoms with van der Waals surface area (Å²) in [5.74, 6) is -0.0920. The molecule has 0 saturated heterocycles. The molecule has 2 aromatic heterocycles. The van der Waals surface area contributed by atoms with Gasteiger partial charge < -0.3 is 0 Å². The SMILES string of the molecule is N#Cc1cc2nc3c4ccc(-c5ccccc5)c5c(C#N)ccc(c(=O)n3c2c2c1C(c1ccccc1)C2c1ccccc1)c54. The summed E-state index contributed by atoms with van der Waals surface area (Å²) < 4.78 is 1.75. The van der Waals surface area contributed by atoms with Crippen molar-refractivity contribution in [1.29, 1.82) is 10.5 Å². The highest BCUT2D eigenvalue weighted by molar-refractivity contribution is 6.21. The van der Waals surface area contributed by atoms with Crippen LogP contribution in [0, 0.1) is 22.7 Å². The second-order valence-corrected chi connectivity index (χ2v) is 11.6. The van der Waals surface area contributed by atoms with E-state index in [2.05, 4.69) is 36.4 Å². The predicted octanol–water partition coefficient (Wildman–Crippen LogP) is 8.28. The molecule has 45 heavy (non-hydrogen) atoms. The van der Waals surface area contributed by atoms with Gasteiger partial charge in [-0.15, -0.1) is 0 Å². The van der Waals surface area contributed by atoms with Crippen molar-refractivity contribution in [3.8, 4) is 23.3 Å². The quantitative estimate of drug-likeness (QED) is 0.213. The van der Waals surface area contributed by atoms with Gasteiger partial charge in [0, 0.05) is 33.4 Å². The van der Waals surface area contributed by atoms with Crippen LogP contribution in [0.1, 0.15) is 45.2 Å². The Labute approximate surface area is 257 Å². The molecule has 0 spiro atoms. The summed E-state index contributed by atoms with van der Waals surface area (Å²) in [6.07, 6.45) is 0. The Bertz CT molecular complexity index is 2630. The van der Waals surface area contributed by atoms with Crippen LogP contribution in [0.2, 0.25) is 0 Å². The molecule has 5 nitrogen and oxygen atoms in total. The molecule has 6 aromatic carbocycles. The Kier molecular flexibility index (Phi) is 5.24. The minimum absolute atomic E-state index is 0.0326. The predicted molar refractivity (Wildman–Crippen MR) is 177 cm³/mol. The van der Waals surface area contributed by atoms with Gasteiger partial charge in [-0.05, 0) is 57.6 Å². The molecule has 0 fully saturated rings. The van der Waals surface area contributed by atoms with Crippen molar-refractivity contribution in [2.24, 2.45) is 0 Å². The monoisotopic (exact) mass is 574 g/mol. The van der Waals surface area contributed by atoms with Crippen LogP contribution in [0.3, 0.4) is 0 Å². The van der Waals surface area contributed by atoms with Gasteiger partial charge in [0.2, 0.25) is 0 Å². The third-order valence-electron chi connectivity index (χ3n) is 9.45. The molecule has 5 heteroatoms. The summed E-state index contributed by atoms with van der Waals surface area (Å²) in [6.45, 7) is 0. The number of rotatable bonds is 3. The van der Waals surface area contributed by atoms with E-state index < -0.39 is 0 Å². The topological polar surface area (TPSA) is 81.9 Å².